The number of hydrogen-bond acceptors (Lipinski definition) is 5. The van der Waals surface area contributed by atoms with Crippen molar-refractivity contribution in [1.29, 1.82) is 0 Å². The van der Waals surface area contributed by atoms with E-state index in [4.69, 9.17) is 4.74 Å². The Morgan fingerprint density at radius 1 is 0.579 bits per heavy atom. The number of ketones is 2. The Bertz CT molecular complexity index is 1460. The molecule has 6 heteroatoms. The number of carboxylic acid groups (broad SMARTS) is 1. The molecule has 0 bridgehead atoms. The molecule has 0 saturated heterocycles. The van der Waals surface area contributed by atoms with Crippen LogP contribution in [0.1, 0.15) is 54.0 Å². The SMILES string of the molecule is O=COc1ccc([C@@H]2[C@@H](C(=O)c3ccccc3)[C@H](C(=O)c3ccccc3)[C@H]2c2ccc(C(=O)O)cc2)cc1. The van der Waals surface area contributed by atoms with Gasteiger partial charge in [0.1, 0.15) is 5.75 Å². The minimum Gasteiger partial charge on any atom is -0.478 e. The molecule has 1 aliphatic rings. The van der Waals surface area contributed by atoms with Gasteiger partial charge in [-0.2, -0.15) is 0 Å². The van der Waals surface area contributed by atoms with Gasteiger partial charge in [0.15, 0.2) is 11.6 Å². The molecule has 0 spiro atoms. The third-order valence-electron chi connectivity index (χ3n) is 7.26. The number of benzene rings is 4. The van der Waals surface area contributed by atoms with Crippen LogP contribution in [0.15, 0.2) is 109 Å². The van der Waals surface area contributed by atoms with E-state index < -0.39 is 17.8 Å². The Hall–Kier alpha value is -4.84. The molecule has 1 fully saturated rings. The summed E-state index contributed by atoms with van der Waals surface area (Å²) in [5, 5.41) is 9.38. The standard InChI is InChI=1S/C32H24O6/c33-19-38-25-17-15-21(16-18-25)27-26(20-11-13-24(14-12-20)32(36)37)28(30(34)22-7-3-1-4-8-22)29(27)31(35)23-9-5-2-6-10-23/h1-19,26-29H,(H,36,37)/t26-,27-,28+,29+/m0/s1. The first-order valence-electron chi connectivity index (χ1n) is 12.2. The van der Waals surface area contributed by atoms with Crippen LogP contribution in [0.5, 0.6) is 5.75 Å². The summed E-state index contributed by atoms with van der Waals surface area (Å²) in [6, 6.07) is 31.2. The highest BCUT2D eigenvalue weighted by Crippen LogP contribution is 2.59. The van der Waals surface area contributed by atoms with Crippen molar-refractivity contribution in [2.24, 2.45) is 11.8 Å². The maximum atomic E-state index is 13.9. The lowest BCUT2D eigenvalue weighted by Crippen LogP contribution is -2.51. The predicted octanol–water partition coefficient (Wildman–Crippen LogP) is 5.80. The number of rotatable bonds is 9. The monoisotopic (exact) mass is 504 g/mol. The zero-order valence-corrected chi connectivity index (χ0v) is 20.3. The van der Waals surface area contributed by atoms with Crippen molar-refractivity contribution in [3.63, 3.8) is 0 Å². The van der Waals surface area contributed by atoms with Crippen molar-refractivity contribution in [3.8, 4) is 5.75 Å². The van der Waals surface area contributed by atoms with E-state index in [9.17, 15) is 24.3 Å². The van der Waals surface area contributed by atoms with Crippen LogP contribution in [-0.2, 0) is 4.79 Å². The normalized spacial score (nSPS) is 20.1. The molecule has 5 rings (SSSR count). The number of ether oxygens (including phenoxy) is 1. The number of carbonyl (C=O) groups excluding carboxylic acids is 3. The lowest BCUT2D eigenvalue weighted by molar-refractivity contribution is -0.120. The second-order valence-corrected chi connectivity index (χ2v) is 9.27. The van der Waals surface area contributed by atoms with Gasteiger partial charge in [-0.15, -0.1) is 0 Å². The average molecular weight is 505 g/mol. The van der Waals surface area contributed by atoms with Crippen molar-refractivity contribution in [1.82, 2.24) is 0 Å². The second kappa shape index (κ2) is 10.6. The molecule has 0 unspecified atom stereocenters. The number of aromatic carboxylic acids is 1. The predicted molar refractivity (Wildman–Crippen MR) is 141 cm³/mol. The van der Waals surface area contributed by atoms with Crippen LogP contribution in [-0.4, -0.2) is 29.1 Å². The lowest BCUT2D eigenvalue weighted by Gasteiger charge is -2.51. The fourth-order valence-corrected chi connectivity index (χ4v) is 5.49. The first-order chi connectivity index (χ1) is 18.5. The van der Waals surface area contributed by atoms with Gasteiger partial charge in [0.05, 0.1) is 5.56 Å². The quantitative estimate of drug-likeness (QED) is 0.229. The number of carboxylic acids is 1. The summed E-state index contributed by atoms with van der Waals surface area (Å²) in [4.78, 5) is 50.1. The van der Waals surface area contributed by atoms with Gasteiger partial charge in [0, 0.05) is 34.8 Å². The Morgan fingerprint density at radius 3 is 1.39 bits per heavy atom. The maximum Gasteiger partial charge on any atom is 0.335 e. The summed E-state index contributed by atoms with van der Waals surface area (Å²) < 4.78 is 4.94. The van der Waals surface area contributed by atoms with Crippen molar-refractivity contribution in [3.05, 3.63) is 137 Å². The van der Waals surface area contributed by atoms with Crippen molar-refractivity contribution < 1.29 is 29.0 Å². The highest BCUT2D eigenvalue weighted by molar-refractivity contribution is 6.07. The van der Waals surface area contributed by atoms with Crippen LogP contribution in [0.2, 0.25) is 0 Å². The Balaban J connectivity index is 1.64. The lowest BCUT2D eigenvalue weighted by atomic mass is 9.49. The molecule has 188 valence electrons. The van der Waals surface area contributed by atoms with Crippen molar-refractivity contribution in [2.75, 3.05) is 0 Å². The van der Waals surface area contributed by atoms with Crippen molar-refractivity contribution >= 4 is 24.0 Å². The summed E-state index contributed by atoms with van der Waals surface area (Å²) in [7, 11) is 0. The van der Waals surface area contributed by atoms with Gasteiger partial charge >= 0.3 is 5.97 Å². The minimum atomic E-state index is -1.04. The van der Waals surface area contributed by atoms with E-state index in [1.54, 1.807) is 84.9 Å². The van der Waals surface area contributed by atoms with Gasteiger partial charge in [-0.3, -0.25) is 14.4 Å². The van der Waals surface area contributed by atoms with Crippen molar-refractivity contribution in [2.45, 2.75) is 11.8 Å². The largest absolute Gasteiger partial charge is 0.478 e. The highest BCUT2D eigenvalue weighted by Gasteiger charge is 2.57. The van der Waals surface area contributed by atoms with Crippen LogP contribution >= 0.6 is 0 Å². The molecule has 0 aromatic heterocycles. The second-order valence-electron chi connectivity index (χ2n) is 9.27. The molecule has 6 nitrogen and oxygen atoms in total. The Kier molecular flexibility index (Phi) is 6.96. The first-order valence-corrected chi connectivity index (χ1v) is 12.2. The van der Waals surface area contributed by atoms with E-state index >= 15 is 0 Å². The third-order valence-corrected chi connectivity index (χ3v) is 7.26. The van der Waals surface area contributed by atoms with E-state index in [0.717, 1.165) is 11.1 Å². The van der Waals surface area contributed by atoms with Gasteiger partial charge in [0.25, 0.3) is 6.47 Å². The molecule has 1 aliphatic carbocycles. The highest BCUT2D eigenvalue weighted by atomic mass is 16.5. The Labute approximate surface area is 219 Å². The molecule has 4 aromatic rings. The maximum absolute atomic E-state index is 13.9. The van der Waals surface area contributed by atoms with Crippen LogP contribution in [0.25, 0.3) is 0 Å². The van der Waals surface area contributed by atoms with Gasteiger partial charge < -0.3 is 9.84 Å². The van der Waals surface area contributed by atoms with Gasteiger partial charge in [-0.1, -0.05) is 84.9 Å². The van der Waals surface area contributed by atoms with Gasteiger partial charge in [-0.25, -0.2) is 4.79 Å². The summed E-state index contributed by atoms with van der Waals surface area (Å²) >= 11 is 0. The molecule has 1 N–H and O–H groups in total. The van der Waals surface area contributed by atoms with Crippen LogP contribution in [0, 0.1) is 11.8 Å². The molecular weight excluding hydrogens is 480 g/mol. The molecule has 4 aromatic carbocycles. The molecule has 0 amide bonds. The zero-order valence-electron chi connectivity index (χ0n) is 20.3. The van der Waals surface area contributed by atoms with Crippen LogP contribution in [0.4, 0.5) is 0 Å². The fraction of sp³-hybridized carbons (Fsp3) is 0.125. The van der Waals surface area contributed by atoms with E-state index in [0.29, 0.717) is 23.3 Å². The van der Waals surface area contributed by atoms with Crippen LogP contribution in [0.3, 0.4) is 0 Å². The number of carbonyl (C=O) groups is 4. The van der Waals surface area contributed by atoms with E-state index in [-0.39, 0.29) is 29.0 Å². The molecule has 38 heavy (non-hydrogen) atoms. The summed E-state index contributed by atoms with van der Waals surface area (Å²) in [6.45, 7) is 0.349. The van der Waals surface area contributed by atoms with Gasteiger partial charge in [0.2, 0.25) is 0 Å². The van der Waals surface area contributed by atoms with Gasteiger partial charge in [-0.05, 0) is 35.4 Å². The topological polar surface area (TPSA) is 97.7 Å². The van der Waals surface area contributed by atoms with E-state index in [1.807, 2.05) is 12.1 Å². The molecule has 1 saturated carbocycles. The summed E-state index contributed by atoms with van der Waals surface area (Å²) in [5.74, 6) is -2.97. The molecular formula is C32H24O6. The van der Waals surface area contributed by atoms with Crippen LogP contribution < -0.4 is 4.74 Å². The third kappa shape index (κ3) is 4.64. The fourth-order valence-electron chi connectivity index (χ4n) is 5.49. The number of hydrogen-bond donors (Lipinski definition) is 1. The minimum absolute atomic E-state index is 0.128. The summed E-state index contributed by atoms with van der Waals surface area (Å²) in [6.07, 6.45) is 0. The molecule has 0 heterocycles. The van der Waals surface area contributed by atoms with E-state index in [1.165, 1.54) is 12.1 Å². The first kappa shape index (κ1) is 24.8. The molecule has 4 atom stereocenters. The van der Waals surface area contributed by atoms with E-state index in [2.05, 4.69) is 0 Å². The average Bonchev–Trinajstić information content (AvgIpc) is 2.94. The molecule has 0 aliphatic heterocycles. The summed E-state index contributed by atoms with van der Waals surface area (Å²) in [5.41, 5.74) is 2.78. The smallest absolute Gasteiger partial charge is 0.335 e. The Morgan fingerprint density at radius 2 is 1.00 bits per heavy atom. The number of Topliss-reactive ketones (excluding diaryl/α,β-unsaturated/α-hetero) is 2. The molecule has 0 radical (unpaired) electrons. The zero-order chi connectivity index (χ0) is 26.6.